The SMILES string of the molecule is C#CC(F)(F)CCC(C)(C)C. The molecule has 0 unspecified atom stereocenters. The van der Waals surface area contributed by atoms with Crippen LogP contribution in [0, 0.1) is 17.8 Å². The van der Waals surface area contributed by atoms with Crippen molar-refractivity contribution in [1.29, 1.82) is 0 Å². The van der Waals surface area contributed by atoms with Gasteiger partial charge in [0.1, 0.15) is 0 Å². The lowest BCUT2D eigenvalue weighted by Crippen LogP contribution is -2.16. The first kappa shape index (κ1) is 10.4. The molecule has 0 nitrogen and oxygen atoms in total. The van der Waals surface area contributed by atoms with E-state index in [4.69, 9.17) is 0 Å². The monoisotopic (exact) mass is 160 g/mol. The van der Waals surface area contributed by atoms with Gasteiger partial charge in [-0.1, -0.05) is 20.8 Å². The van der Waals surface area contributed by atoms with Crippen molar-refractivity contribution in [3.05, 3.63) is 0 Å². The zero-order valence-corrected chi connectivity index (χ0v) is 7.25. The van der Waals surface area contributed by atoms with E-state index < -0.39 is 5.92 Å². The Morgan fingerprint density at radius 3 is 1.91 bits per heavy atom. The number of halogens is 2. The molecule has 0 aliphatic carbocycles. The topological polar surface area (TPSA) is 0 Å². The molecule has 0 rings (SSSR count). The number of alkyl halides is 2. The van der Waals surface area contributed by atoms with Crippen LogP contribution in [0.3, 0.4) is 0 Å². The van der Waals surface area contributed by atoms with Crippen LogP contribution in [0.5, 0.6) is 0 Å². The predicted octanol–water partition coefficient (Wildman–Crippen LogP) is 3.08. The maximum Gasteiger partial charge on any atom is 0.307 e. The smallest absolute Gasteiger partial charge is 0.192 e. The van der Waals surface area contributed by atoms with E-state index in [2.05, 4.69) is 6.42 Å². The zero-order valence-electron chi connectivity index (χ0n) is 7.25. The average Bonchev–Trinajstić information content (AvgIpc) is 1.83. The minimum Gasteiger partial charge on any atom is -0.192 e. The first-order valence-corrected chi connectivity index (χ1v) is 3.62. The summed E-state index contributed by atoms with van der Waals surface area (Å²) in [4.78, 5) is 0. The molecule has 0 N–H and O–H groups in total. The normalized spacial score (nSPS) is 12.7. The second-order valence-electron chi connectivity index (χ2n) is 3.91. The van der Waals surface area contributed by atoms with Crippen molar-refractivity contribution >= 4 is 0 Å². The molecule has 64 valence electrons. The molecule has 0 aromatic rings. The molecule has 0 amide bonds. The first-order valence-electron chi connectivity index (χ1n) is 3.62. The summed E-state index contributed by atoms with van der Waals surface area (Å²) in [5.41, 5.74) is -0.0692. The van der Waals surface area contributed by atoms with Crippen LogP contribution in [0.4, 0.5) is 8.78 Å². The van der Waals surface area contributed by atoms with Crippen LogP contribution >= 0.6 is 0 Å². The van der Waals surface area contributed by atoms with Crippen LogP contribution in [0.1, 0.15) is 33.6 Å². The maximum atomic E-state index is 12.4. The Kier molecular flexibility index (Phi) is 3.04. The highest BCUT2D eigenvalue weighted by Crippen LogP contribution is 2.28. The Bertz CT molecular complexity index is 157. The molecule has 2 heteroatoms. The van der Waals surface area contributed by atoms with Crippen LogP contribution in [0.15, 0.2) is 0 Å². The third kappa shape index (κ3) is 5.84. The molecule has 0 aliphatic heterocycles. The highest BCUT2D eigenvalue weighted by Gasteiger charge is 2.27. The van der Waals surface area contributed by atoms with E-state index in [1.807, 2.05) is 20.8 Å². The second kappa shape index (κ2) is 3.21. The molecule has 0 aliphatic rings. The molecule has 0 radical (unpaired) electrons. The summed E-state index contributed by atoms with van der Waals surface area (Å²) in [6.45, 7) is 5.75. The lowest BCUT2D eigenvalue weighted by atomic mass is 9.89. The first-order chi connectivity index (χ1) is 4.77. The molecular weight excluding hydrogens is 146 g/mol. The fraction of sp³-hybridized carbons (Fsp3) is 0.778. The lowest BCUT2D eigenvalue weighted by Gasteiger charge is -2.19. The molecule has 0 bridgehead atoms. The average molecular weight is 160 g/mol. The predicted molar refractivity (Wildman–Crippen MR) is 42.5 cm³/mol. The molecule has 0 heterocycles. The van der Waals surface area contributed by atoms with Crippen molar-refractivity contribution < 1.29 is 8.78 Å². The van der Waals surface area contributed by atoms with Crippen molar-refractivity contribution in [2.75, 3.05) is 0 Å². The molecule has 0 saturated heterocycles. The van der Waals surface area contributed by atoms with Gasteiger partial charge in [0.2, 0.25) is 0 Å². The Labute approximate surface area is 67.0 Å². The van der Waals surface area contributed by atoms with Crippen LogP contribution in [0.25, 0.3) is 0 Å². The van der Waals surface area contributed by atoms with Gasteiger partial charge in [-0.05, 0) is 17.8 Å². The van der Waals surface area contributed by atoms with Gasteiger partial charge in [-0.25, -0.2) is 0 Å². The summed E-state index contributed by atoms with van der Waals surface area (Å²) < 4.78 is 24.9. The van der Waals surface area contributed by atoms with Gasteiger partial charge in [0, 0.05) is 6.42 Å². The quantitative estimate of drug-likeness (QED) is 0.544. The van der Waals surface area contributed by atoms with E-state index >= 15 is 0 Å². The zero-order chi connectivity index (χ0) is 9.12. The highest BCUT2D eigenvalue weighted by molar-refractivity contribution is 5.00. The van der Waals surface area contributed by atoms with Gasteiger partial charge >= 0.3 is 5.92 Å². The van der Waals surface area contributed by atoms with E-state index in [0.29, 0.717) is 6.42 Å². The van der Waals surface area contributed by atoms with Gasteiger partial charge in [0.25, 0.3) is 0 Å². The fourth-order valence-corrected chi connectivity index (χ4v) is 0.604. The van der Waals surface area contributed by atoms with Crippen LogP contribution in [-0.2, 0) is 0 Å². The van der Waals surface area contributed by atoms with Gasteiger partial charge in [-0.2, -0.15) is 8.78 Å². The Hall–Kier alpha value is -0.580. The Morgan fingerprint density at radius 1 is 1.18 bits per heavy atom. The van der Waals surface area contributed by atoms with Gasteiger partial charge in [-0.3, -0.25) is 0 Å². The fourth-order valence-electron chi connectivity index (χ4n) is 0.604. The number of terminal acetylenes is 1. The van der Waals surface area contributed by atoms with E-state index in [0.717, 1.165) is 0 Å². The highest BCUT2D eigenvalue weighted by atomic mass is 19.3. The Morgan fingerprint density at radius 2 is 1.64 bits per heavy atom. The van der Waals surface area contributed by atoms with E-state index in [1.54, 1.807) is 0 Å². The second-order valence-corrected chi connectivity index (χ2v) is 3.91. The molecule has 0 fully saturated rings. The van der Waals surface area contributed by atoms with E-state index in [1.165, 1.54) is 5.92 Å². The summed E-state index contributed by atoms with van der Waals surface area (Å²) in [5.74, 6) is -1.44. The largest absolute Gasteiger partial charge is 0.307 e. The molecule has 0 spiro atoms. The molecule has 0 aromatic carbocycles. The standard InChI is InChI=1S/C9H14F2/c1-5-9(10,11)7-6-8(2,3)4/h1H,6-7H2,2-4H3. The van der Waals surface area contributed by atoms with Gasteiger partial charge < -0.3 is 0 Å². The third-order valence-corrected chi connectivity index (χ3v) is 1.40. The van der Waals surface area contributed by atoms with Crippen LogP contribution in [0.2, 0.25) is 0 Å². The summed E-state index contributed by atoms with van der Waals surface area (Å²) in [7, 11) is 0. The Balaban J connectivity index is 3.83. The van der Waals surface area contributed by atoms with Crippen molar-refractivity contribution in [1.82, 2.24) is 0 Å². The molecular formula is C9H14F2. The summed E-state index contributed by atoms with van der Waals surface area (Å²) >= 11 is 0. The lowest BCUT2D eigenvalue weighted by molar-refractivity contribution is 0.0442. The molecule has 0 atom stereocenters. The van der Waals surface area contributed by atoms with Crippen molar-refractivity contribution in [2.24, 2.45) is 5.41 Å². The van der Waals surface area contributed by atoms with Crippen molar-refractivity contribution in [3.8, 4) is 12.3 Å². The minimum atomic E-state index is -2.92. The molecule has 0 saturated carbocycles. The van der Waals surface area contributed by atoms with Crippen molar-refractivity contribution in [3.63, 3.8) is 0 Å². The number of hydrogen-bond acceptors (Lipinski definition) is 0. The third-order valence-electron chi connectivity index (χ3n) is 1.40. The van der Waals surface area contributed by atoms with E-state index in [9.17, 15) is 8.78 Å². The summed E-state index contributed by atoms with van der Waals surface area (Å²) in [6.07, 6.45) is 4.87. The maximum absolute atomic E-state index is 12.4. The summed E-state index contributed by atoms with van der Waals surface area (Å²) in [6, 6.07) is 0. The van der Waals surface area contributed by atoms with Gasteiger partial charge in [0.05, 0.1) is 0 Å². The molecule has 11 heavy (non-hydrogen) atoms. The van der Waals surface area contributed by atoms with Gasteiger partial charge in [-0.15, -0.1) is 6.42 Å². The number of hydrogen-bond donors (Lipinski definition) is 0. The van der Waals surface area contributed by atoms with Crippen LogP contribution < -0.4 is 0 Å². The molecule has 0 aromatic heterocycles. The van der Waals surface area contributed by atoms with E-state index in [-0.39, 0.29) is 11.8 Å². The van der Waals surface area contributed by atoms with Crippen LogP contribution in [-0.4, -0.2) is 5.92 Å². The summed E-state index contributed by atoms with van der Waals surface area (Å²) in [5, 5.41) is 0. The van der Waals surface area contributed by atoms with Crippen molar-refractivity contribution in [2.45, 2.75) is 39.5 Å². The minimum absolute atomic E-state index is 0.0692. The number of rotatable bonds is 2. The van der Waals surface area contributed by atoms with Gasteiger partial charge in [0.15, 0.2) is 0 Å².